The van der Waals surface area contributed by atoms with E-state index in [1.54, 1.807) is 23.7 Å². The molecule has 0 aliphatic carbocycles. The highest BCUT2D eigenvalue weighted by Crippen LogP contribution is 2.24. The van der Waals surface area contributed by atoms with Crippen LogP contribution in [-0.2, 0) is 4.74 Å². The summed E-state index contributed by atoms with van der Waals surface area (Å²) < 4.78 is 7.07. The van der Waals surface area contributed by atoms with Gasteiger partial charge in [0.05, 0.1) is 17.3 Å². The number of amides is 1. The average Bonchev–Trinajstić information content (AvgIpc) is 3.19. The van der Waals surface area contributed by atoms with Crippen LogP contribution in [0.15, 0.2) is 78.9 Å². The molecule has 32 heavy (non-hydrogen) atoms. The Balaban J connectivity index is 1.50. The molecule has 7 heteroatoms. The third kappa shape index (κ3) is 4.50. The molecule has 0 aliphatic rings. The Hall–Kier alpha value is -4.44. The Morgan fingerprint density at radius 1 is 1.00 bits per heavy atom. The number of hydrogen-bond donors (Lipinski definition) is 1. The molecule has 0 saturated carbocycles. The Morgan fingerprint density at radius 3 is 2.25 bits per heavy atom. The maximum Gasteiger partial charge on any atom is 0.413 e. The lowest BCUT2D eigenvalue weighted by Crippen LogP contribution is -2.18. The summed E-state index contributed by atoms with van der Waals surface area (Å²) in [4.78, 5) is 12.5. The van der Waals surface area contributed by atoms with Crippen molar-refractivity contribution in [2.45, 2.75) is 20.0 Å². The highest BCUT2D eigenvalue weighted by molar-refractivity contribution is 5.84. The monoisotopic (exact) mass is 423 g/mol. The molecule has 1 N–H and O–H groups in total. The summed E-state index contributed by atoms with van der Waals surface area (Å²) in [6.45, 7) is 3.59. The van der Waals surface area contributed by atoms with Gasteiger partial charge >= 0.3 is 6.09 Å². The number of aryl methyl sites for hydroxylation is 1. The van der Waals surface area contributed by atoms with Crippen LogP contribution in [0, 0.1) is 18.3 Å². The second kappa shape index (κ2) is 9.14. The number of nitrogens with zero attached hydrogens (tertiary/aromatic N) is 4. The first-order valence-electron chi connectivity index (χ1n) is 10.1. The van der Waals surface area contributed by atoms with Crippen molar-refractivity contribution in [2.24, 2.45) is 0 Å². The second-order valence-electron chi connectivity index (χ2n) is 7.25. The van der Waals surface area contributed by atoms with Crippen molar-refractivity contribution in [3.05, 3.63) is 95.7 Å². The van der Waals surface area contributed by atoms with Gasteiger partial charge in [0.15, 0.2) is 5.82 Å². The van der Waals surface area contributed by atoms with Gasteiger partial charge in [0.2, 0.25) is 0 Å². The van der Waals surface area contributed by atoms with E-state index in [2.05, 4.69) is 21.7 Å². The first kappa shape index (κ1) is 20.8. The van der Waals surface area contributed by atoms with Gasteiger partial charge in [0, 0.05) is 0 Å². The minimum atomic E-state index is -0.581. The SMILES string of the molecule is Cc1nnn(-c2ccc(-c3ccc(C#N)cc3)cc2)c1NC(=O)O[C@H](C)c1ccccc1. The molecule has 158 valence electrons. The Labute approximate surface area is 185 Å². The number of nitrogens with one attached hydrogen (secondary N) is 1. The number of nitriles is 1. The lowest BCUT2D eigenvalue weighted by molar-refractivity contribution is 0.121. The molecule has 4 aromatic rings. The van der Waals surface area contributed by atoms with Crippen molar-refractivity contribution in [1.82, 2.24) is 15.0 Å². The van der Waals surface area contributed by atoms with Crippen molar-refractivity contribution in [1.29, 1.82) is 5.26 Å². The van der Waals surface area contributed by atoms with Crippen molar-refractivity contribution in [3.8, 4) is 22.9 Å². The minimum Gasteiger partial charge on any atom is -0.441 e. The summed E-state index contributed by atoms with van der Waals surface area (Å²) in [5.74, 6) is 0.446. The fraction of sp³-hybridized carbons (Fsp3) is 0.120. The highest BCUT2D eigenvalue weighted by Gasteiger charge is 2.17. The number of benzene rings is 3. The van der Waals surface area contributed by atoms with Crippen molar-refractivity contribution < 1.29 is 9.53 Å². The van der Waals surface area contributed by atoms with Crippen LogP contribution in [0.1, 0.15) is 29.8 Å². The fourth-order valence-electron chi connectivity index (χ4n) is 3.29. The van der Waals surface area contributed by atoms with Crippen LogP contribution in [-0.4, -0.2) is 21.1 Å². The Kier molecular flexibility index (Phi) is 5.95. The maximum atomic E-state index is 12.5. The van der Waals surface area contributed by atoms with Crippen LogP contribution in [0.25, 0.3) is 16.8 Å². The number of aromatic nitrogens is 3. The van der Waals surface area contributed by atoms with E-state index in [1.807, 2.05) is 73.7 Å². The number of ether oxygens (including phenoxy) is 1. The third-order valence-corrected chi connectivity index (χ3v) is 5.07. The minimum absolute atomic E-state index is 0.396. The average molecular weight is 423 g/mol. The third-order valence-electron chi connectivity index (χ3n) is 5.07. The molecular weight excluding hydrogens is 402 g/mol. The van der Waals surface area contributed by atoms with E-state index in [4.69, 9.17) is 10.00 Å². The first-order chi connectivity index (χ1) is 15.5. The summed E-state index contributed by atoms with van der Waals surface area (Å²) >= 11 is 0. The Morgan fingerprint density at radius 2 is 1.62 bits per heavy atom. The molecule has 1 atom stereocenters. The fourth-order valence-corrected chi connectivity index (χ4v) is 3.29. The van der Waals surface area contributed by atoms with Crippen molar-refractivity contribution in [2.75, 3.05) is 5.32 Å². The van der Waals surface area contributed by atoms with Crippen LogP contribution < -0.4 is 5.32 Å². The predicted molar refractivity (Wildman–Crippen MR) is 121 cm³/mol. The second-order valence-corrected chi connectivity index (χ2v) is 7.25. The normalized spacial score (nSPS) is 11.4. The van der Waals surface area contributed by atoms with E-state index in [9.17, 15) is 4.79 Å². The predicted octanol–water partition coefficient (Wildman–Crippen LogP) is 5.42. The zero-order chi connectivity index (χ0) is 22.5. The molecule has 0 fully saturated rings. The molecule has 7 nitrogen and oxygen atoms in total. The molecule has 0 spiro atoms. The molecule has 1 heterocycles. The highest BCUT2D eigenvalue weighted by atomic mass is 16.6. The topological polar surface area (TPSA) is 92.8 Å². The van der Waals surface area contributed by atoms with E-state index >= 15 is 0 Å². The molecular formula is C25H21N5O2. The molecule has 1 aromatic heterocycles. The molecule has 0 aliphatic heterocycles. The van der Waals surface area contributed by atoms with Gasteiger partial charge in [0.25, 0.3) is 0 Å². The summed E-state index contributed by atoms with van der Waals surface area (Å²) in [6, 6.07) is 26.7. The molecule has 0 saturated heterocycles. The number of rotatable bonds is 5. The van der Waals surface area contributed by atoms with Crippen LogP contribution in [0.5, 0.6) is 0 Å². The van der Waals surface area contributed by atoms with Crippen LogP contribution in [0.3, 0.4) is 0 Å². The number of anilines is 1. The summed E-state index contributed by atoms with van der Waals surface area (Å²) in [5, 5.41) is 20.0. The van der Waals surface area contributed by atoms with Crippen LogP contribution in [0.4, 0.5) is 10.6 Å². The quantitative estimate of drug-likeness (QED) is 0.462. The molecule has 4 rings (SSSR count). The largest absolute Gasteiger partial charge is 0.441 e. The van der Waals surface area contributed by atoms with Crippen LogP contribution >= 0.6 is 0 Å². The van der Waals surface area contributed by atoms with Gasteiger partial charge in [-0.3, -0.25) is 5.32 Å². The Bertz CT molecular complexity index is 1260. The lowest BCUT2D eigenvalue weighted by Gasteiger charge is -2.15. The van der Waals surface area contributed by atoms with Crippen molar-refractivity contribution in [3.63, 3.8) is 0 Å². The van der Waals surface area contributed by atoms with Gasteiger partial charge in [0.1, 0.15) is 11.8 Å². The number of carbonyl (C=O) groups is 1. The van der Waals surface area contributed by atoms with E-state index in [1.165, 1.54) is 0 Å². The molecule has 1 amide bonds. The first-order valence-corrected chi connectivity index (χ1v) is 10.1. The smallest absolute Gasteiger partial charge is 0.413 e. The molecule has 3 aromatic carbocycles. The molecule has 0 radical (unpaired) electrons. The summed E-state index contributed by atoms with van der Waals surface area (Å²) in [6.07, 6.45) is -0.977. The van der Waals surface area contributed by atoms with Gasteiger partial charge in [-0.25, -0.2) is 4.79 Å². The van der Waals surface area contributed by atoms with E-state index in [0.717, 1.165) is 22.4 Å². The van der Waals surface area contributed by atoms with Gasteiger partial charge in [-0.05, 0) is 54.8 Å². The zero-order valence-corrected chi connectivity index (χ0v) is 17.7. The van der Waals surface area contributed by atoms with Crippen LogP contribution in [0.2, 0.25) is 0 Å². The molecule has 0 unspecified atom stereocenters. The van der Waals surface area contributed by atoms with Crippen molar-refractivity contribution >= 4 is 11.9 Å². The number of carbonyl (C=O) groups excluding carboxylic acids is 1. The van der Waals surface area contributed by atoms with Gasteiger partial charge in [-0.2, -0.15) is 9.94 Å². The van der Waals surface area contributed by atoms with E-state index in [0.29, 0.717) is 17.1 Å². The summed E-state index contributed by atoms with van der Waals surface area (Å²) in [7, 11) is 0. The van der Waals surface area contributed by atoms with Gasteiger partial charge < -0.3 is 4.74 Å². The summed E-state index contributed by atoms with van der Waals surface area (Å²) in [5.41, 5.74) is 4.85. The maximum absolute atomic E-state index is 12.5. The van der Waals surface area contributed by atoms with E-state index in [-0.39, 0.29) is 0 Å². The van der Waals surface area contributed by atoms with E-state index < -0.39 is 12.2 Å². The van der Waals surface area contributed by atoms with Gasteiger partial charge in [-0.15, -0.1) is 5.10 Å². The standard InChI is InChI=1S/C25H21N5O2/c1-17-24(27-25(31)32-18(2)20-6-4-3-5-7-20)30(29-28-17)23-14-12-22(13-15-23)21-10-8-19(16-26)9-11-21/h3-15,18H,1-2H3,(H,27,31)/t18-/m1/s1. The van der Waals surface area contributed by atoms with Gasteiger partial charge in [-0.1, -0.05) is 59.8 Å². The lowest BCUT2D eigenvalue weighted by atomic mass is 10.0. The zero-order valence-electron chi connectivity index (χ0n) is 17.7. The molecule has 0 bridgehead atoms. The number of hydrogen-bond acceptors (Lipinski definition) is 5.